The number of carbonyl (C=O) groups is 3. The van der Waals surface area contributed by atoms with Crippen molar-refractivity contribution in [2.75, 3.05) is 19.7 Å². The minimum atomic E-state index is -0.982. The molecule has 0 unspecified atom stereocenters. The molecule has 1 aromatic heterocycles. The Bertz CT molecular complexity index is 1140. The number of fused-ring (bicyclic) bond motifs is 1. The number of esters is 1. The number of para-hydroxylation sites is 1. The summed E-state index contributed by atoms with van der Waals surface area (Å²) in [4.78, 5) is 42.9. The molecule has 3 aromatic rings. The summed E-state index contributed by atoms with van der Waals surface area (Å²) in [5.74, 6) is -1.37. The fraction of sp³-hybridized carbons (Fsp3) is 0.292. The van der Waals surface area contributed by atoms with Crippen molar-refractivity contribution >= 4 is 40.3 Å². The van der Waals surface area contributed by atoms with Crippen molar-refractivity contribution in [3.8, 4) is 0 Å². The van der Waals surface area contributed by atoms with Gasteiger partial charge in [-0.1, -0.05) is 41.9 Å². The standard InChI is InChI=1S/C24H24ClN3O4/c25-19-9-3-1-8-18(19)23(30)27-21(13-16-14-26-20-10-4-2-7-17(16)20)24(31)32-15-22(29)28-11-5-6-12-28/h1-4,7-10,14,21,26H,5-6,11-13,15H2,(H,27,30)/t21-/m1/s1. The van der Waals surface area contributed by atoms with E-state index in [1.807, 2.05) is 30.5 Å². The third kappa shape index (κ3) is 4.94. The van der Waals surface area contributed by atoms with Crippen LogP contribution in [0.25, 0.3) is 10.9 Å². The monoisotopic (exact) mass is 453 g/mol. The van der Waals surface area contributed by atoms with E-state index in [0.717, 1.165) is 29.3 Å². The Balaban J connectivity index is 1.51. The van der Waals surface area contributed by atoms with Crippen molar-refractivity contribution in [2.45, 2.75) is 25.3 Å². The molecule has 2 N–H and O–H groups in total. The van der Waals surface area contributed by atoms with Crippen LogP contribution in [0.5, 0.6) is 0 Å². The van der Waals surface area contributed by atoms with Gasteiger partial charge in [0.25, 0.3) is 11.8 Å². The van der Waals surface area contributed by atoms with Crippen LogP contribution >= 0.6 is 11.6 Å². The van der Waals surface area contributed by atoms with Gasteiger partial charge >= 0.3 is 5.97 Å². The van der Waals surface area contributed by atoms with Gasteiger partial charge in [-0.15, -0.1) is 0 Å². The van der Waals surface area contributed by atoms with Crippen LogP contribution in [-0.4, -0.2) is 53.4 Å². The van der Waals surface area contributed by atoms with Gasteiger partial charge in [0.2, 0.25) is 0 Å². The maximum Gasteiger partial charge on any atom is 0.329 e. The molecular weight excluding hydrogens is 430 g/mol. The van der Waals surface area contributed by atoms with Gasteiger partial charge in [0.1, 0.15) is 6.04 Å². The lowest BCUT2D eigenvalue weighted by atomic mass is 10.0. The molecule has 0 spiro atoms. The highest BCUT2D eigenvalue weighted by atomic mass is 35.5. The Morgan fingerprint density at radius 1 is 1.06 bits per heavy atom. The first-order chi connectivity index (χ1) is 15.5. The van der Waals surface area contributed by atoms with Crippen LogP contribution in [0, 0.1) is 0 Å². The highest BCUT2D eigenvalue weighted by molar-refractivity contribution is 6.33. The fourth-order valence-corrected chi connectivity index (χ4v) is 4.11. The van der Waals surface area contributed by atoms with Gasteiger partial charge in [0, 0.05) is 36.6 Å². The summed E-state index contributed by atoms with van der Waals surface area (Å²) in [6.07, 6.45) is 3.92. The second kappa shape index (κ2) is 9.87. The Morgan fingerprint density at radius 2 is 1.78 bits per heavy atom. The predicted molar refractivity (Wildman–Crippen MR) is 121 cm³/mol. The number of nitrogens with zero attached hydrogens (tertiary/aromatic N) is 1. The quantitative estimate of drug-likeness (QED) is 0.537. The van der Waals surface area contributed by atoms with Gasteiger partial charge < -0.3 is 19.9 Å². The van der Waals surface area contributed by atoms with Crippen LogP contribution in [-0.2, 0) is 20.7 Å². The number of aromatic nitrogens is 1. The van der Waals surface area contributed by atoms with Crippen molar-refractivity contribution < 1.29 is 19.1 Å². The van der Waals surface area contributed by atoms with E-state index in [9.17, 15) is 14.4 Å². The molecule has 1 atom stereocenters. The van der Waals surface area contributed by atoms with Crippen molar-refractivity contribution in [1.82, 2.24) is 15.2 Å². The van der Waals surface area contributed by atoms with Crippen LogP contribution in [0.3, 0.4) is 0 Å². The third-order valence-corrected chi connectivity index (χ3v) is 5.93. The molecule has 2 amide bonds. The lowest BCUT2D eigenvalue weighted by molar-refractivity contribution is -0.153. The number of hydrogen-bond acceptors (Lipinski definition) is 4. The molecule has 2 heterocycles. The number of ether oxygens (including phenoxy) is 1. The molecule has 0 aliphatic carbocycles. The van der Waals surface area contributed by atoms with E-state index in [4.69, 9.17) is 16.3 Å². The van der Waals surface area contributed by atoms with Crippen LogP contribution in [0.1, 0.15) is 28.8 Å². The highest BCUT2D eigenvalue weighted by Gasteiger charge is 2.27. The third-order valence-electron chi connectivity index (χ3n) is 5.60. The van der Waals surface area contributed by atoms with Gasteiger partial charge in [0.15, 0.2) is 6.61 Å². The summed E-state index contributed by atoms with van der Waals surface area (Å²) in [7, 11) is 0. The normalized spacial score (nSPS) is 14.3. The summed E-state index contributed by atoms with van der Waals surface area (Å²) < 4.78 is 5.32. The molecule has 1 saturated heterocycles. The number of carbonyl (C=O) groups excluding carboxylic acids is 3. The van der Waals surface area contributed by atoms with Crippen molar-refractivity contribution in [3.05, 3.63) is 70.9 Å². The zero-order valence-electron chi connectivity index (χ0n) is 17.5. The number of rotatable bonds is 7. The average molecular weight is 454 g/mol. The average Bonchev–Trinajstić information content (AvgIpc) is 3.48. The van der Waals surface area contributed by atoms with E-state index < -0.39 is 17.9 Å². The lowest BCUT2D eigenvalue weighted by Gasteiger charge is -2.19. The Morgan fingerprint density at radius 3 is 2.56 bits per heavy atom. The SMILES string of the molecule is O=C(N[C@H](Cc1c[nH]c2ccccc12)C(=O)OCC(=O)N1CCCC1)c1ccccc1Cl. The predicted octanol–water partition coefficient (Wildman–Crippen LogP) is 3.33. The number of halogens is 1. The van der Waals surface area contributed by atoms with E-state index in [-0.39, 0.29) is 29.5 Å². The molecule has 7 nitrogen and oxygen atoms in total. The van der Waals surface area contributed by atoms with Crippen molar-refractivity contribution in [1.29, 1.82) is 0 Å². The molecule has 0 radical (unpaired) electrons. The van der Waals surface area contributed by atoms with E-state index in [0.29, 0.717) is 13.1 Å². The van der Waals surface area contributed by atoms with Crippen LogP contribution in [0.15, 0.2) is 54.7 Å². The molecule has 32 heavy (non-hydrogen) atoms. The molecule has 0 saturated carbocycles. The molecule has 1 fully saturated rings. The zero-order chi connectivity index (χ0) is 22.5. The second-order valence-corrected chi connectivity index (χ2v) is 8.17. The number of nitrogens with one attached hydrogen (secondary N) is 2. The molecule has 1 aliphatic heterocycles. The first-order valence-corrected chi connectivity index (χ1v) is 11.0. The second-order valence-electron chi connectivity index (χ2n) is 7.77. The number of amides is 2. The topological polar surface area (TPSA) is 91.5 Å². The Hall–Kier alpha value is -3.32. The molecule has 0 bridgehead atoms. The lowest BCUT2D eigenvalue weighted by Crippen LogP contribution is -2.44. The largest absolute Gasteiger partial charge is 0.454 e. The minimum absolute atomic E-state index is 0.205. The molecule has 2 aromatic carbocycles. The number of likely N-dealkylation sites (tertiary alicyclic amines) is 1. The van der Waals surface area contributed by atoms with E-state index in [1.165, 1.54) is 0 Å². The Labute approximate surface area is 190 Å². The van der Waals surface area contributed by atoms with Crippen molar-refractivity contribution in [3.63, 3.8) is 0 Å². The van der Waals surface area contributed by atoms with Crippen molar-refractivity contribution in [2.24, 2.45) is 0 Å². The van der Waals surface area contributed by atoms with E-state index in [1.54, 1.807) is 29.2 Å². The van der Waals surface area contributed by atoms with Gasteiger partial charge in [-0.05, 0) is 36.6 Å². The fourth-order valence-electron chi connectivity index (χ4n) is 3.89. The highest BCUT2D eigenvalue weighted by Crippen LogP contribution is 2.20. The number of benzene rings is 2. The molecule has 166 valence electrons. The van der Waals surface area contributed by atoms with Crippen LogP contribution in [0.4, 0.5) is 0 Å². The summed E-state index contributed by atoms with van der Waals surface area (Å²) in [6.45, 7) is 1.02. The number of aromatic amines is 1. The first kappa shape index (κ1) is 21.9. The van der Waals surface area contributed by atoms with Gasteiger partial charge in [-0.25, -0.2) is 4.79 Å². The van der Waals surface area contributed by atoms with E-state index in [2.05, 4.69) is 10.3 Å². The molecule has 4 rings (SSSR count). The summed E-state index contributed by atoms with van der Waals surface area (Å²) in [6, 6.07) is 13.3. The molecule has 8 heteroatoms. The minimum Gasteiger partial charge on any atom is -0.454 e. The van der Waals surface area contributed by atoms with Gasteiger partial charge in [0.05, 0.1) is 10.6 Å². The maximum absolute atomic E-state index is 12.9. The number of H-pyrrole nitrogens is 1. The van der Waals surface area contributed by atoms with E-state index >= 15 is 0 Å². The number of hydrogen-bond donors (Lipinski definition) is 2. The maximum atomic E-state index is 12.9. The summed E-state index contributed by atoms with van der Waals surface area (Å²) >= 11 is 6.15. The van der Waals surface area contributed by atoms with Gasteiger partial charge in [-0.2, -0.15) is 0 Å². The van der Waals surface area contributed by atoms with Crippen LogP contribution < -0.4 is 5.32 Å². The smallest absolute Gasteiger partial charge is 0.329 e. The summed E-state index contributed by atoms with van der Waals surface area (Å²) in [5.41, 5.74) is 2.04. The zero-order valence-corrected chi connectivity index (χ0v) is 18.2. The summed E-state index contributed by atoms with van der Waals surface area (Å²) in [5, 5.41) is 3.97. The molecule has 1 aliphatic rings. The first-order valence-electron chi connectivity index (χ1n) is 10.6. The van der Waals surface area contributed by atoms with Gasteiger partial charge in [-0.3, -0.25) is 9.59 Å². The molecular formula is C24H24ClN3O4. The Kier molecular flexibility index (Phi) is 6.75. The van der Waals surface area contributed by atoms with Crippen LogP contribution in [0.2, 0.25) is 5.02 Å².